The molecule has 8 heteroatoms. The lowest BCUT2D eigenvalue weighted by Gasteiger charge is -2.36. The second-order valence-electron chi connectivity index (χ2n) is 5.96. The number of hydrogen-bond acceptors (Lipinski definition) is 4. The van der Waals surface area contributed by atoms with Crippen molar-refractivity contribution in [1.82, 2.24) is 23.4 Å². The summed E-state index contributed by atoms with van der Waals surface area (Å²) in [5.41, 5.74) is 0. The minimum Gasteiger partial charge on any atom is -0.320 e. The molecule has 0 bridgehead atoms. The summed E-state index contributed by atoms with van der Waals surface area (Å²) in [5.74, 6) is 1.03. The number of rotatable bonds is 3. The van der Waals surface area contributed by atoms with E-state index in [1.54, 1.807) is 14.9 Å². The Morgan fingerprint density at radius 2 is 1.81 bits per heavy atom. The van der Waals surface area contributed by atoms with Gasteiger partial charge in [0, 0.05) is 39.1 Å². The molecule has 1 aromatic rings. The maximum absolute atomic E-state index is 12.7. The van der Waals surface area contributed by atoms with Gasteiger partial charge in [0.25, 0.3) is 10.2 Å². The Morgan fingerprint density at radius 1 is 1.10 bits per heavy atom. The lowest BCUT2D eigenvalue weighted by molar-refractivity contribution is 0.263. The Morgan fingerprint density at radius 3 is 2.48 bits per heavy atom. The molecule has 0 amide bonds. The molecule has 0 spiro atoms. The summed E-state index contributed by atoms with van der Waals surface area (Å²) in [4.78, 5) is 0. The van der Waals surface area contributed by atoms with Gasteiger partial charge in [-0.15, -0.1) is 10.2 Å². The van der Waals surface area contributed by atoms with E-state index in [-0.39, 0.29) is 5.92 Å². The van der Waals surface area contributed by atoms with Crippen molar-refractivity contribution >= 4 is 10.2 Å². The second kappa shape index (κ2) is 6.02. The van der Waals surface area contributed by atoms with Crippen molar-refractivity contribution < 1.29 is 8.42 Å². The van der Waals surface area contributed by atoms with E-state index < -0.39 is 10.2 Å². The molecule has 2 aliphatic rings. The SMILES string of the molecule is Cn1cnnc1[C@@H]1CCCN(S(=O)(=O)N2CCCCC2)C1. The van der Waals surface area contributed by atoms with Crippen molar-refractivity contribution in [1.29, 1.82) is 0 Å². The number of nitrogens with zero attached hydrogens (tertiary/aromatic N) is 5. The number of aromatic nitrogens is 3. The van der Waals surface area contributed by atoms with Crippen molar-refractivity contribution in [3.05, 3.63) is 12.2 Å². The summed E-state index contributed by atoms with van der Waals surface area (Å²) >= 11 is 0. The molecule has 3 heterocycles. The normalized spacial score (nSPS) is 26.0. The molecule has 1 atom stereocenters. The van der Waals surface area contributed by atoms with Gasteiger partial charge in [0.1, 0.15) is 12.2 Å². The van der Waals surface area contributed by atoms with E-state index >= 15 is 0 Å². The summed E-state index contributed by atoms with van der Waals surface area (Å²) in [6.45, 7) is 2.46. The molecule has 0 saturated carbocycles. The summed E-state index contributed by atoms with van der Waals surface area (Å²) in [7, 11) is -1.40. The van der Waals surface area contributed by atoms with Crippen molar-refractivity contribution in [2.75, 3.05) is 26.2 Å². The van der Waals surface area contributed by atoms with E-state index in [9.17, 15) is 8.42 Å². The van der Waals surface area contributed by atoms with Crippen LogP contribution in [0.3, 0.4) is 0 Å². The van der Waals surface area contributed by atoms with Gasteiger partial charge in [-0.1, -0.05) is 6.42 Å². The Balaban J connectivity index is 1.75. The second-order valence-corrected chi connectivity index (χ2v) is 7.89. The maximum Gasteiger partial charge on any atom is 0.281 e. The molecule has 2 aliphatic heterocycles. The molecule has 0 N–H and O–H groups in total. The van der Waals surface area contributed by atoms with E-state index in [1.165, 1.54) is 0 Å². The fourth-order valence-corrected chi connectivity index (χ4v) is 5.06. The molecule has 0 aromatic carbocycles. The first kappa shape index (κ1) is 14.9. The van der Waals surface area contributed by atoms with Gasteiger partial charge < -0.3 is 4.57 Å². The average molecular weight is 313 g/mol. The molecule has 2 fully saturated rings. The van der Waals surface area contributed by atoms with E-state index in [1.807, 2.05) is 11.6 Å². The molecule has 2 saturated heterocycles. The Bertz CT molecular complexity index is 579. The third-order valence-electron chi connectivity index (χ3n) is 4.46. The standard InChI is InChI=1S/C13H23N5O2S/c1-16-11-14-15-13(16)12-6-5-9-18(10-12)21(19,20)17-7-3-2-4-8-17/h11-12H,2-10H2,1H3/t12-/m1/s1. The zero-order chi connectivity index (χ0) is 14.9. The van der Waals surface area contributed by atoms with Crippen LogP contribution in [0.5, 0.6) is 0 Å². The predicted octanol–water partition coefficient (Wildman–Crippen LogP) is 0.725. The van der Waals surface area contributed by atoms with Gasteiger partial charge in [-0.25, -0.2) is 0 Å². The van der Waals surface area contributed by atoms with Crippen LogP contribution in [-0.2, 0) is 17.3 Å². The minimum atomic E-state index is -3.31. The molecule has 0 unspecified atom stereocenters. The predicted molar refractivity (Wildman–Crippen MR) is 78.9 cm³/mol. The van der Waals surface area contributed by atoms with Crippen LogP contribution in [0.1, 0.15) is 43.8 Å². The monoisotopic (exact) mass is 313 g/mol. The van der Waals surface area contributed by atoms with E-state index in [2.05, 4.69) is 10.2 Å². The fourth-order valence-electron chi connectivity index (χ4n) is 3.28. The highest BCUT2D eigenvalue weighted by atomic mass is 32.2. The zero-order valence-electron chi connectivity index (χ0n) is 12.5. The molecule has 7 nitrogen and oxygen atoms in total. The topological polar surface area (TPSA) is 71.3 Å². The van der Waals surface area contributed by atoms with Gasteiger partial charge in [-0.05, 0) is 25.7 Å². The Labute approximate surface area is 126 Å². The maximum atomic E-state index is 12.7. The quantitative estimate of drug-likeness (QED) is 0.824. The number of aryl methyl sites for hydroxylation is 1. The fraction of sp³-hybridized carbons (Fsp3) is 0.846. The van der Waals surface area contributed by atoms with Crippen LogP contribution in [0.4, 0.5) is 0 Å². The highest BCUT2D eigenvalue weighted by Crippen LogP contribution is 2.28. The smallest absolute Gasteiger partial charge is 0.281 e. The van der Waals surface area contributed by atoms with Gasteiger partial charge in [-0.2, -0.15) is 17.0 Å². The first-order valence-corrected chi connectivity index (χ1v) is 9.08. The van der Waals surface area contributed by atoms with Crippen LogP contribution < -0.4 is 0 Å². The van der Waals surface area contributed by atoms with E-state index in [4.69, 9.17) is 0 Å². The van der Waals surface area contributed by atoms with Gasteiger partial charge in [0.05, 0.1) is 0 Å². The lowest BCUT2D eigenvalue weighted by Crippen LogP contribution is -2.49. The Hall–Kier alpha value is -0.990. The van der Waals surface area contributed by atoms with E-state index in [0.29, 0.717) is 26.2 Å². The molecule has 3 rings (SSSR count). The van der Waals surface area contributed by atoms with Crippen LogP contribution in [0.15, 0.2) is 6.33 Å². The summed E-state index contributed by atoms with van der Waals surface area (Å²) in [6.07, 6.45) is 6.60. The summed E-state index contributed by atoms with van der Waals surface area (Å²) < 4.78 is 30.7. The highest BCUT2D eigenvalue weighted by Gasteiger charge is 2.35. The summed E-state index contributed by atoms with van der Waals surface area (Å²) in [6, 6.07) is 0. The molecule has 1 aromatic heterocycles. The zero-order valence-corrected chi connectivity index (χ0v) is 13.3. The molecular weight excluding hydrogens is 290 g/mol. The largest absolute Gasteiger partial charge is 0.320 e. The third-order valence-corrected chi connectivity index (χ3v) is 6.47. The first-order chi connectivity index (χ1) is 10.1. The van der Waals surface area contributed by atoms with Crippen LogP contribution in [-0.4, -0.2) is 58.0 Å². The average Bonchev–Trinajstić information content (AvgIpc) is 2.94. The Kier molecular flexibility index (Phi) is 4.28. The van der Waals surface area contributed by atoms with Crippen molar-refractivity contribution in [2.45, 2.75) is 38.0 Å². The van der Waals surface area contributed by atoms with Crippen molar-refractivity contribution in [3.8, 4) is 0 Å². The van der Waals surface area contributed by atoms with E-state index in [0.717, 1.165) is 37.9 Å². The third kappa shape index (κ3) is 2.97. The lowest BCUT2D eigenvalue weighted by atomic mass is 9.99. The molecular formula is C13H23N5O2S. The minimum absolute atomic E-state index is 0.144. The van der Waals surface area contributed by atoms with Crippen LogP contribution >= 0.6 is 0 Å². The number of hydrogen-bond donors (Lipinski definition) is 0. The van der Waals surface area contributed by atoms with Crippen molar-refractivity contribution in [2.24, 2.45) is 7.05 Å². The van der Waals surface area contributed by atoms with Crippen LogP contribution in [0.25, 0.3) is 0 Å². The van der Waals surface area contributed by atoms with Crippen molar-refractivity contribution in [3.63, 3.8) is 0 Å². The molecule has 0 radical (unpaired) electrons. The molecule has 0 aliphatic carbocycles. The first-order valence-electron chi connectivity index (χ1n) is 7.68. The van der Waals surface area contributed by atoms with Gasteiger partial charge in [0.2, 0.25) is 0 Å². The van der Waals surface area contributed by atoms with Gasteiger partial charge in [-0.3, -0.25) is 0 Å². The molecule has 21 heavy (non-hydrogen) atoms. The van der Waals surface area contributed by atoms with Crippen LogP contribution in [0.2, 0.25) is 0 Å². The van der Waals surface area contributed by atoms with Crippen LogP contribution in [0, 0.1) is 0 Å². The molecule has 118 valence electrons. The van der Waals surface area contributed by atoms with Gasteiger partial charge in [0.15, 0.2) is 0 Å². The highest BCUT2D eigenvalue weighted by molar-refractivity contribution is 7.86. The number of piperidine rings is 2. The van der Waals surface area contributed by atoms with Gasteiger partial charge >= 0.3 is 0 Å². The summed E-state index contributed by atoms with van der Waals surface area (Å²) in [5, 5.41) is 8.05.